The Labute approximate surface area is 114 Å². The predicted octanol–water partition coefficient (Wildman–Crippen LogP) is 2.47. The molecule has 0 amide bonds. The minimum absolute atomic E-state index is 0.611. The van der Waals surface area contributed by atoms with Crippen LogP contribution >= 0.6 is 23.1 Å². The van der Waals surface area contributed by atoms with Gasteiger partial charge in [0.15, 0.2) is 5.16 Å². The molecule has 0 saturated carbocycles. The van der Waals surface area contributed by atoms with Gasteiger partial charge in [-0.25, -0.2) is 15.8 Å². The lowest BCUT2D eigenvalue weighted by Gasteiger charge is -2.08. The van der Waals surface area contributed by atoms with Crippen LogP contribution in [0.1, 0.15) is 10.4 Å². The number of thioether (sulfide) groups is 1. The summed E-state index contributed by atoms with van der Waals surface area (Å²) in [4.78, 5) is 9.90. The highest BCUT2D eigenvalue weighted by Crippen LogP contribution is 2.20. The molecule has 2 aromatic rings. The summed E-state index contributed by atoms with van der Waals surface area (Å²) in [5.74, 6) is 6.77. The molecule has 4 N–H and O–H groups in total. The Morgan fingerprint density at radius 1 is 1.39 bits per heavy atom. The van der Waals surface area contributed by atoms with Crippen LogP contribution in [-0.4, -0.2) is 16.2 Å². The van der Waals surface area contributed by atoms with Gasteiger partial charge in [0.05, 0.1) is 6.54 Å². The van der Waals surface area contributed by atoms with Gasteiger partial charge in [-0.1, -0.05) is 11.8 Å². The van der Waals surface area contributed by atoms with Gasteiger partial charge >= 0.3 is 0 Å². The molecule has 18 heavy (non-hydrogen) atoms. The molecule has 2 aromatic heterocycles. The summed E-state index contributed by atoms with van der Waals surface area (Å²) >= 11 is 3.22. The van der Waals surface area contributed by atoms with E-state index in [2.05, 4.69) is 39.1 Å². The number of aromatic nitrogens is 2. The minimum atomic E-state index is 0.611. The van der Waals surface area contributed by atoms with Gasteiger partial charge in [-0.3, -0.25) is 0 Å². The average molecular weight is 281 g/mol. The van der Waals surface area contributed by atoms with Crippen molar-refractivity contribution in [2.75, 3.05) is 17.0 Å². The van der Waals surface area contributed by atoms with Gasteiger partial charge in [-0.2, -0.15) is 0 Å². The topological polar surface area (TPSA) is 75.9 Å². The molecule has 0 spiro atoms. The number of hydrogen-bond acceptors (Lipinski definition) is 7. The van der Waals surface area contributed by atoms with E-state index < -0.39 is 0 Å². The van der Waals surface area contributed by atoms with E-state index in [0.29, 0.717) is 11.0 Å². The average Bonchev–Trinajstić information content (AvgIpc) is 2.81. The fourth-order valence-electron chi connectivity index (χ4n) is 1.44. The third-order valence-electron chi connectivity index (χ3n) is 2.43. The second-order valence-corrected chi connectivity index (χ2v) is 5.42. The number of hydrogen-bond donors (Lipinski definition) is 3. The largest absolute Gasteiger partial charge is 0.365 e. The van der Waals surface area contributed by atoms with E-state index >= 15 is 0 Å². The minimum Gasteiger partial charge on any atom is -0.365 e. The van der Waals surface area contributed by atoms with Crippen LogP contribution in [0.4, 0.5) is 11.6 Å². The number of hydrazine groups is 1. The number of aryl methyl sites for hydroxylation is 1. The first-order valence-electron chi connectivity index (χ1n) is 5.39. The van der Waals surface area contributed by atoms with Crippen LogP contribution in [0.5, 0.6) is 0 Å². The van der Waals surface area contributed by atoms with E-state index in [1.807, 2.05) is 6.26 Å². The van der Waals surface area contributed by atoms with Crippen LogP contribution in [-0.2, 0) is 6.54 Å². The second-order valence-electron chi connectivity index (χ2n) is 3.65. The van der Waals surface area contributed by atoms with Gasteiger partial charge < -0.3 is 10.7 Å². The summed E-state index contributed by atoms with van der Waals surface area (Å²) in [6.45, 7) is 2.87. The van der Waals surface area contributed by atoms with E-state index in [4.69, 9.17) is 5.84 Å². The van der Waals surface area contributed by atoms with Crippen molar-refractivity contribution in [2.24, 2.45) is 5.84 Å². The molecule has 5 nitrogen and oxygen atoms in total. The molecular weight excluding hydrogens is 266 g/mol. The Balaban J connectivity index is 2.11. The van der Waals surface area contributed by atoms with Gasteiger partial charge in [-0.05, 0) is 30.2 Å². The summed E-state index contributed by atoms with van der Waals surface area (Å²) in [7, 11) is 0. The Bertz CT molecular complexity index is 504. The molecule has 0 radical (unpaired) electrons. The number of nitrogen functional groups attached to an aromatic ring is 1. The molecule has 7 heteroatoms. The fourth-order valence-corrected chi connectivity index (χ4v) is 2.66. The molecule has 0 aromatic carbocycles. The standard InChI is InChI=1S/C11H15N5S2/c1-7-3-4-18-8(7)6-13-9-5-10(16-12)15-11(14-9)17-2/h3-5H,6,12H2,1-2H3,(H2,13,14,15,16). The normalized spacial score (nSPS) is 10.4. The van der Waals surface area contributed by atoms with Crippen LogP contribution in [0.3, 0.4) is 0 Å². The van der Waals surface area contributed by atoms with Crippen molar-refractivity contribution in [3.63, 3.8) is 0 Å². The van der Waals surface area contributed by atoms with Gasteiger partial charge in [0.1, 0.15) is 11.6 Å². The molecule has 0 bridgehead atoms. The highest BCUT2D eigenvalue weighted by atomic mass is 32.2. The highest BCUT2D eigenvalue weighted by Gasteiger charge is 2.04. The van der Waals surface area contributed by atoms with Crippen molar-refractivity contribution in [3.8, 4) is 0 Å². The summed E-state index contributed by atoms with van der Waals surface area (Å²) in [6, 6.07) is 3.91. The van der Waals surface area contributed by atoms with Crippen molar-refractivity contribution < 1.29 is 0 Å². The van der Waals surface area contributed by atoms with E-state index in [9.17, 15) is 0 Å². The number of nitrogens with zero attached hydrogens (tertiary/aromatic N) is 2. The van der Waals surface area contributed by atoms with Crippen LogP contribution in [0.25, 0.3) is 0 Å². The summed E-state index contributed by atoms with van der Waals surface area (Å²) < 4.78 is 0. The molecule has 2 heterocycles. The number of nitrogens with two attached hydrogens (primary N) is 1. The van der Waals surface area contributed by atoms with Gasteiger partial charge in [0.2, 0.25) is 0 Å². The van der Waals surface area contributed by atoms with Crippen LogP contribution in [0, 0.1) is 6.92 Å². The van der Waals surface area contributed by atoms with Crippen molar-refractivity contribution >= 4 is 34.7 Å². The maximum Gasteiger partial charge on any atom is 0.191 e. The summed E-state index contributed by atoms with van der Waals surface area (Å²) in [6.07, 6.45) is 1.93. The number of rotatable bonds is 5. The lowest BCUT2D eigenvalue weighted by Crippen LogP contribution is -2.11. The van der Waals surface area contributed by atoms with Crippen molar-refractivity contribution in [1.29, 1.82) is 0 Å². The highest BCUT2D eigenvalue weighted by molar-refractivity contribution is 7.98. The lowest BCUT2D eigenvalue weighted by molar-refractivity contribution is 0.955. The molecule has 96 valence electrons. The summed E-state index contributed by atoms with van der Waals surface area (Å²) in [5.41, 5.74) is 3.84. The van der Waals surface area contributed by atoms with Gasteiger partial charge in [0.25, 0.3) is 0 Å². The monoisotopic (exact) mass is 281 g/mol. The van der Waals surface area contributed by atoms with Crippen LogP contribution in [0.2, 0.25) is 0 Å². The second kappa shape index (κ2) is 6.03. The molecule has 0 unspecified atom stereocenters. The Morgan fingerprint density at radius 3 is 2.78 bits per heavy atom. The smallest absolute Gasteiger partial charge is 0.191 e. The number of anilines is 2. The Morgan fingerprint density at radius 2 is 2.17 bits per heavy atom. The third-order valence-corrected chi connectivity index (χ3v) is 4.01. The van der Waals surface area contributed by atoms with Gasteiger partial charge in [-0.15, -0.1) is 11.3 Å². The first kappa shape index (κ1) is 13.1. The SMILES string of the molecule is CSc1nc(NN)cc(NCc2sccc2C)n1. The molecule has 0 aliphatic heterocycles. The Hall–Kier alpha value is -1.31. The van der Waals surface area contributed by atoms with E-state index in [-0.39, 0.29) is 0 Å². The molecule has 0 aliphatic rings. The zero-order chi connectivity index (χ0) is 13.0. The zero-order valence-corrected chi connectivity index (χ0v) is 11.9. The van der Waals surface area contributed by atoms with E-state index in [1.165, 1.54) is 22.2 Å². The predicted molar refractivity (Wildman–Crippen MR) is 78.0 cm³/mol. The molecule has 0 fully saturated rings. The molecule has 0 aliphatic carbocycles. The van der Waals surface area contributed by atoms with Crippen LogP contribution < -0.4 is 16.6 Å². The fraction of sp³-hybridized carbons (Fsp3) is 0.273. The first-order valence-corrected chi connectivity index (χ1v) is 7.50. The molecular formula is C11H15N5S2. The number of nitrogens with one attached hydrogen (secondary N) is 2. The lowest BCUT2D eigenvalue weighted by atomic mass is 10.3. The first-order chi connectivity index (χ1) is 8.72. The van der Waals surface area contributed by atoms with Gasteiger partial charge in [0, 0.05) is 10.9 Å². The quantitative estimate of drug-likeness (QED) is 0.338. The zero-order valence-electron chi connectivity index (χ0n) is 10.2. The van der Waals surface area contributed by atoms with E-state index in [0.717, 1.165) is 12.4 Å². The summed E-state index contributed by atoms with van der Waals surface area (Å²) in [5, 5.41) is 6.07. The molecule has 0 atom stereocenters. The van der Waals surface area contributed by atoms with Crippen molar-refractivity contribution in [1.82, 2.24) is 9.97 Å². The van der Waals surface area contributed by atoms with Crippen molar-refractivity contribution in [2.45, 2.75) is 18.6 Å². The van der Waals surface area contributed by atoms with Crippen LogP contribution in [0.15, 0.2) is 22.7 Å². The molecule has 0 saturated heterocycles. The third kappa shape index (κ3) is 3.12. The maximum absolute atomic E-state index is 5.38. The van der Waals surface area contributed by atoms with Crippen molar-refractivity contribution in [3.05, 3.63) is 28.0 Å². The molecule has 2 rings (SSSR count). The maximum atomic E-state index is 5.38. The Kier molecular flexibility index (Phi) is 4.40. The van der Waals surface area contributed by atoms with E-state index in [1.54, 1.807) is 17.4 Å². The number of thiophene rings is 1.